The van der Waals surface area contributed by atoms with Crippen molar-refractivity contribution < 1.29 is 0 Å². The molecule has 0 heterocycles. The molecule has 0 spiro atoms. The maximum absolute atomic E-state index is 8.55. The van der Waals surface area contributed by atoms with Crippen LogP contribution in [-0.4, -0.2) is 6.04 Å². The van der Waals surface area contributed by atoms with Crippen molar-refractivity contribution in [3.05, 3.63) is 29.3 Å². The van der Waals surface area contributed by atoms with Gasteiger partial charge in [-0.2, -0.15) is 5.26 Å². The Balaban J connectivity index is 2.76. The Morgan fingerprint density at radius 1 is 1.43 bits per heavy atom. The fraction of sp³-hybridized carbons (Fsp3) is 0.417. The van der Waals surface area contributed by atoms with Crippen molar-refractivity contribution in [2.75, 3.05) is 5.32 Å². The number of aryl methyl sites for hydroxylation is 2. The molecule has 0 saturated heterocycles. The summed E-state index contributed by atoms with van der Waals surface area (Å²) < 4.78 is 0. The van der Waals surface area contributed by atoms with Crippen LogP contribution in [0.15, 0.2) is 18.2 Å². The third kappa shape index (κ3) is 2.77. The van der Waals surface area contributed by atoms with Crippen LogP contribution in [0.2, 0.25) is 0 Å². The number of rotatable bonds is 3. The minimum absolute atomic E-state index is 0.209. The van der Waals surface area contributed by atoms with Gasteiger partial charge in [0.2, 0.25) is 0 Å². The Kier molecular flexibility index (Phi) is 3.53. The largest absolute Gasteiger partial charge is 0.381 e. The molecule has 14 heavy (non-hydrogen) atoms. The van der Waals surface area contributed by atoms with Crippen LogP contribution in [0.4, 0.5) is 5.69 Å². The minimum atomic E-state index is 0.209. The van der Waals surface area contributed by atoms with E-state index in [1.165, 1.54) is 11.1 Å². The van der Waals surface area contributed by atoms with Crippen LogP contribution in [0.3, 0.4) is 0 Å². The van der Waals surface area contributed by atoms with Gasteiger partial charge in [-0.1, -0.05) is 12.1 Å². The van der Waals surface area contributed by atoms with Crippen molar-refractivity contribution in [1.29, 1.82) is 5.26 Å². The molecule has 1 atom stereocenters. The summed E-state index contributed by atoms with van der Waals surface area (Å²) in [4.78, 5) is 0. The van der Waals surface area contributed by atoms with Crippen LogP contribution in [0.5, 0.6) is 0 Å². The zero-order valence-corrected chi connectivity index (χ0v) is 8.96. The zero-order valence-electron chi connectivity index (χ0n) is 8.96. The van der Waals surface area contributed by atoms with Gasteiger partial charge in [-0.3, -0.25) is 0 Å². The van der Waals surface area contributed by atoms with Crippen molar-refractivity contribution in [1.82, 2.24) is 0 Å². The molecule has 0 aliphatic heterocycles. The highest BCUT2D eigenvalue weighted by atomic mass is 14.9. The van der Waals surface area contributed by atoms with E-state index >= 15 is 0 Å². The molecule has 2 nitrogen and oxygen atoms in total. The second-order valence-corrected chi connectivity index (χ2v) is 3.73. The van der Waals surface area contributed by atoms with Gasteiger partial charge in [0.15, 0.2) is 0 Å². The molecule has 0 fully saturated rings. The first-order valence-corrected chi connectivity index (χ1v) is 4.84. The molecule has 1 aromatic carbocycles. The van der Waals surface area contributed by atoms with Crippen molar-refractivity contribution >= 4 is 5.69 Å². The van der Waals surface area contributed by atoms with Gasteiger partial charge in [-0.15, -0.1) is 0 Å². The number of nitriles is 1. The smallest absolute Gasteiger partial charge is 0.0643 e. The second-order valence-electron chi connectivity index (χ2n) is 3.73. The number of nitrogens with zero attached hydrogens (tertiary/aromatic N) is 1. The first-order valence-electron chi connectivity index (χ1n) is 4.84. The fourth-order valence-corrected chi connectivity index (χ4v) is 1.34. The molecule has 0 amide bonds. The molecule has 1 N–H and O–H groups in total. The Labute approximate surface area is 85.6 Å². The maximum Gasteiger partial charge on any atom is 0.0643 e. The average Bonchev–Trinajstić information content (AvgIpc) is 2.12. The topological polar surface area (TPSA) is 35.8 Å². The van der Waals surface area contributed by atoms with E-state index in [-0.39, 0.29) is 6.04 Å². The van der Waals surface area contributed by atoms with Gasteiger partial charge in [0, 0.05) is 11.7 Å². The van der Waals surface area contributed by atoms with Gasteiger partial charge in [-0.05, 0) is 38.0 Å². The predicted octanol–water partition coefficient (Wildman–Crippen LogP) is 3.02. The average molecular weight is 188 g/mol. The summed E-state index contributed by atoms with van der Waals surface area (Å²) in [5.74, 6) is 0. The third-order valence-electron chi connectivity index (χ3n) is 2.19. The molecule has 0 aliphatic rings. The summed E-state index contributed by atoms with van der Waals surface area (Å²) in [6, 6.07) is 8.67. The molecule has 1 aromatic rings. The Morgan fingerprint density at radius 3 is 2.79 bits per heavy atom. The van der Waals surface area contributed by atoms with E-state index in [1.54, 1.807) is 0 Å². The Bertz CT molecular complexity index is 350. The van der Waals surface area contributed by atoms with Gasteiger partial charge in [0.05, 0.1) is 12.5 Å². The van der Waals surface area contributed by atoms with Gasteiger partial charge in [-0.25, -0.2) is 0 Å². The van der Waals surface area contributed by atoms with Gasteiger partial charge in [0.25, 0.3) is 0 Å². The van der Waals surface area contributed by atoms with E-state index in [2.05, 4.69) is 43.4 Å². The van der Waals surface area contributed by atoms with Crippen LogP contribution in [-0.2, 0) is 0 Å². The summed E-state index contributed by atoms with van der Waals surface area (Å²) in [7, 11) is 0. The molecule has 0 aromatic heterocycles. The molecule has 2 heteroatoms. The first-order chi connectivity index (χ1) is 6.63. The van der Waals surface area contributed by atoms with Gasteiger partial charge < -0.3 is 5.32 Å². The summed E-state index contributed by atoms with van der Waals surface area (Å²) in [6.45, 7) is 6.16. The molecular formula is C12H16N2. The lowest BCUT2D eigenvalue weighted by Gasteiger charge is -2.14. The van der Waals surface area contributed by atoms with Crippen LogP contribution in [0.1, 0.15) is 24.5 Å². The summed E-state index contributed by atoms with van der Waals surface area (Å²) in [5.41, 5.74) is 3.59. The lowest BCUT2D eigenvalue weighted by atomic mass is 10.1. The quantitative estimate of drug-likeness (QED) is 0.791. The van der Waals surface area contributed by atoms with E-state index in [4.69, 9.17) is 5.26 Å². The molecule has 1 rings (SSSR count). The SMILES string of the molecule is Cc1ccc(C)c(NC(C)CC#N)c1. The van der Waals surface area contributed by atoms with Crippen LogP contribution < -0.4 is 5.32 Å². The van der Waals surface area contributed by atoms with E-state index in [0.717, 1.165) is 5.69 Å². The van der Waals surface area contributed by atoms with Crippen molar-refractivity contribution in [3.63, 3.8) is 0 Å². The number of hydrogen-bond donors (Lipinski definition) is 1. The molecule has 0 aliphatic carbocycles. The van der Waals surface area contributed by atoms with E-state index in [1.807, 2.05) is 6.92 Å². The molecule has 0 radical (unpaired) electrons. The van der Waals surface area contributed by atoms with Crippen LogP contribution >= 0.6 is 0 Å². The molecule has 0 saturated carbocycles. The van der Waals surface area contributed by atoms with Crippen molar-refractivity contribution in [3.8, 4) is 6.07 Å². The lowest BCUT2D eigenvalue weighted by molar-refractivity contribution is 0.819. The third-order valence-corrected chi connectivity index (χ3v) is 2.19. The Morgan fingerprint density at radius 2 is 2.14 bits per heavy atom. The molecule has 0 bridgehead atoms. The predicted molar refractivity (Wildman–Crippen MR) is 59.2 cm³/mol. The first kappa shape index (κ1) is 10.6. The molecular weight excluding hydrogens is 172 g/mol. The zero-order chi connectivity index (χ0) is 10.6. The van der Waals surface area contributed by atoms with Crippen molar-refractivity contribution in [2.45, 2.75) is 33.2 Å². The maximum atomic E-state index is 8.55. The molecule has 1 unspecified atom stereocenters. The number of anilines is 1. The number of benzene rings is 1. The van der Waals surface area contributed by atoms with Crippen molar-refractivity contribution in [2.24, 2.45) is 0 Å². The van der Waals surface area contributed by atoms with Crippen LogP contribution in [0.25, 0.3) is 0 Å². The number of nitrogens with one attached hydrogen (secondary N) is 1. The standard InChI is InChI=1S/C12H16N2/c1-9-4-5-10(2)12(8-9)14-11(3)6-7-13/h4-5,8,11,14H,6H2,1-3H3. The van der Waals surface area contributed by atoms with Crippen LogP contribution in [0, 0.1) is 25.2 Å². The van der Waals surface area contributed by atoms with E-state index in [9.17, 15) is 0 Å². The van der Waals surface area contributed by atoms with E-state index in [0.29, 0.717) is 6.42 Å². The Hall–Kier alpha value is -1.49. The van der Waals surface area contributed by atoms with Gasteiger partial charge in [0.1, 0.15) is 0 Å². The summed E-state index contributed by atoms with van der Waals surface area (Å²) >= 11 is 0. The second kappa shape index (κ2) is 4.66. The number of hydrogen-bond acceptors (Lipinski definition) is 2. The highest BCUT2D eigenvalue weighted by Crippen LogP contribution is 2.17. The molecule has 74 valence electrons. The summed E-state index contributed by atoms with van der Waals surface area (Å²) in [6.07, 6.45) is 0.535. The monoisotopic (exact) mass is 188 g/mol. The van der Waals surface area contributed by atoms with Gasteiger partial charge >= 0.3 is 0 Å². The minimum Gasteiger partial charge on any atom is -0.381 e. The summed E-state index contributed by atoms with van der Waals surface area (Å²) in [5, 5.41) is 11.9. The highest BCUT2D eigenvalue weighted by molar-refractivity contribution is 5.53. The highest BCUT2D eigenvalue weighted by Gasteiger charge is 2.03. The lowest BCUT2D eigenvalue weighted by Crippen LogP contribution is -2.14. The fourth-order valence-electron chi connectivity index (χ4n) is 1.34. The van der Waals surface area contributed by atoms with E-state index < -0.39 is 0 Å². The normalized spacial score (nSPS) is 11.9.